The molecule has 2 aromatic carbocycles. The maximum absolute atomic E-state index is 12.1. The number of rotatable bonds is 5. The van der Waals surface area contributed by atoms with Gasteiger partial charge in [-0.15, -0.1) is 0 Å². The molecule has 4 aromatic rings. The zero-order valence-electron chi connectivity index (χ0n) is 20.1. The maximum atomic E-state index is 12.1. The van der Waals surface area contributed by atoms with Gasteiger partial charge in [-0.3, -0.25) is 4.57 Å². The first kappa shape index (κ1) is 24.3. The molecule has 0 bridgehead atoms. The fourth-order valence-electron chi connectivity index (χ4n) is 4.49. The van der Waals surface area contributed by atoms with Crippen LogP contribution in [0.15, 0.2) is 54.9 Å². The summed E-state index contributed by atoms with van der Waals surface area (Å²) >= 11 is 12.7. The lowest BCUT2D eigenvalue weighted by Gasteiger charge is -2.33. The molecule has 36 heavy (non-hydrogen) atoms. The smallest absolute Gasteiger partial charge is 0.315 e. The summed E-state index contributed by atoms with van der Waals surface area (Å²) in [5.74, 6) is 1.45. The van der Waals surface area contributed by atoms with Crippen molar-refractivity contribution in [2.45, 2.75) is 38.8 Å². The van der Waals surface area contributed by atoms with Gasteiger partial charge in [0.2, 0.25) is 0 Å². The highest BCUT2D eigenvalue weighted by atomic mass is 35.5. The Hall–Kier alpha value is -3.36. The average Bonchev–Trinajstić information content (AvgIpc) is 3.24. The van der Waals surface area contributed by atoms with Crippen LogP contribution < -0.4 is 15.5 Å². The highest BCUT2D eigenvalue weighted by Crippen LogP contribution is 2.35. The van der Waals surface area contributed by atoms with E-state index in [1.807, 2.05) is 66.9 Å². The number of carbonyl (C=O) groups is 1. The van der Waals surface area contributed by atoms with Crippen molar-refractivity contribution in [3.63, 3.8) is 0 Å². The minimum Gasteiger partial charge on any atom is -0.355 e. The number of halogens is 2. The van der Waals surface area contributed by atoms with Crippen LogP contribution in [0.4, 0.5) is 10.6 Å². The Bertz CT molecular complexity index is 1380. The molecule has 10 heteroatoms. The number of imidazole rings is 1. The number of benzene rings is 2. The zero-order valence-corrected chi connectivity index (χ0v) is 21.6. The van der Waals surface area contributed by atoms with E-state index in [9.17, 15) is 4.79 Å². The average molecular weight is 524 g/mol. The van der Waals surface area contributed by atoms with Gasteiger partial charge >= 0.3 is 6.03 Å². The lowest BCUT2D eigenvalue weighted by Crippen LogP contribution is -2.49. The third-order valence-electron chi connectivity index (χ3n) is 6.17. The van der Waals surface area contributed by atoms with E-state index >= 15 is 0 Å². The molecule has 0 spiro atoms. The summed E-state index contributed by atoms with van der Waals surface area (Å²) in [5.41, 5.74) is 3.07. The molecule has 0 unspecified atom stereocenters. The number of anilines is 1. The van der Waals surface area contributed by atoms with E-state index in [4.69, 9.17) is 28.2 Å². The summed E-state index contributed by atoms with van der Waals surface area (Å²) in [6, 6.07) is 15.3. The second-order valence-electron chi connectivity index (χ2n) is 9.13. The maximum Gasteiger partial charge on any atom is 0.315 e. The van der Waals surface area contributed by atoms with E-state index in [1.54, 1.807) is 6.33 Å². The highest BCUT2D eigenvalue weighted by Gasteiger charge is 2.26. The molecule has 1 saturated heterocycles. The van der Waals surface area contributed by atoms with Crippen LogP contribution in [0.25, 0.3) is 28.2 Å². The van der Waals surface area contributed by atoms with Crippen molar-refractivity contribution in [3.05, 3.63) is 64.9 Å². The molecule has 8 nitrogen and oxygen atoms in total. The number of nitrogens with one attached hydrogen (secondary N) is 2. The van der Waals surface area contributed by atoms with E-state index in [-0.39, 0.29) is 18.1 Å². The normalized spacial score (nSPS) is 14.4. The van der Waals surface area contributed by atoms with Gasteiger partial charge in [-0.25, -0.2) is 19.7 Å². The van der Waals surface area contributed by atoms with E-state index in [0.717, 1.165) is 43.0 Å². The first-order valence-electron chi connectivity index (χ1n) is 12.0. The van der Waals surface area contributed by atoms with Gasteiger partial charge in [-0.05, 0) is 63.1 Å². The number of fused-ring (bicyclic) bond motifs is 1. The number of urea groups is 1. The molecule has 1 aliphatic heterocycles. The SMILES string of the molecule is CC(C)NC(=O)NC1CCN(c2ncnc3c2nc(-c2ccccc2Cl)n3-c2ccc(Cl)cc2)CC1. The molecule has 0 saturated carbocycles. The van der Waals surface area contributed by atoms with Gasteiger partial charge in [0.25, 0.3) is 0 Å². The molecule has 1 aliphatic rings. The van der Waals surface area contributed by atoms with Crippen molar-refractivity contribution >= 4 is 46.2 Å². The summed E-state index contributed by atoms with van der Waals surface area (Å²) in [6.07, 6.45) is 3.20. The fourth-order valence-corrected chi connectivity index (χ4v) is 4.84. The summed E-state index contributed by atoms with van der Waals surface area (Å²) in [7, 11) is 0. The Morgan fingerprint density at radius 2 is 1.75 bits per heavy atom. The largest absolute Gasteiger partial charge is 0.355 e. The molecule has 2 N–H and O–H groups in total. The second kappa shape index (κ2) is 10.3. The van der Waals surface area contributed by atoms with Crippen LogP contribution in [0.2, 0.25) is 10.0 Å². The number of amides is 2. The van der Waals surface area contributed by atoms with Crippen molar-refractivity contribution in [1.29, 1.82) is 0 Å². The lowest BCUT2D eigenvalue weighted by molar-refractivity contribution is 0.232. The number of carbonyl (C=O) groups excluding carboxylic acids is 1. The number of hydrogen-bond acceptors (Lipinski definition) is 5. The second-order valence-corrected chi connectivity index (χ2v) is 9.97. The Morgan fingerprint density at radius 1 is 1.03 bits per heavy atom. The Morgan fingerprint density at radius 3 is 2.44 bits per heavy atom. The molecule has 186 valence electrons. The topological polar surface area (TPSA) is 88.0 Å². The van der Waals surface area contributed by atoms with Crippen LogP contribution in [-0.2, 0) is 0 Å². The van der Waals surface area contributed by atoms with Crippen LogP contribution in [-0.4, -0.2) is 50.7 Å². The molecule has 0 aliphatic carbocycles. The first-order chi connectivity index (χ1) is 17.4. The Labute approximate surface area is 219 Å². The molecule has 2 amide bonds. The molecule has 0 radical (unpaired) electrons. The quantitative estimate of drug-likeness (QED) is 0.362. The number of nitrogens with zero attached hydrogens (tertiary/aromatic N) is 5. The van der Waals surface area contributed by atoms with Gasteiger partial charge in [0, 0.05) is 41.4 Å². The monoisotopic (exact) mass is 523 g/mol. The van der Waals surface area contributed by atoms with Crippen molar-refractivity contribution in [1.82, 2.24) is 30.2 Å². The van der Waals surface area contributed by atoms with Crippen LogP contribution in [0.3, 0.4) is 0 Å². The van der Waals surface area contributed by atoms with E-state index in [0.29, 0.717) is 27.0 Å². The Balaban J connectivity index is 1.51. The summed E-state index contributed by atoms with van der Waals surface area (Å²) in [6.45, 7) is 5.38. The van der Waals surface area contributed by atoms with E-state index < -0.39 is 0 Å². The van der Waals surface area contributed by atoms with Gasteiger partial charge in [0.05, 0.1) is 5.02 Å². The van der Waals surface area contributed by atoms with Crippen molar-refractivity contribution < 1.29 is 4.79 Å². The zero-order chi connectivity index (χ0) is 25.2. The third-order valence-corrected chi connectivity index (χ3v) is 6.76. The molecular formula is C26H27Cl2N7O. The lowest BCUT2D eigenvalue weighted by atomic mass is 10.1. The summed E-state index contributed by atoms with van der Waals surface area (Å²) in [5, 5.41) is 7.21. The first-order valence-corrected chi connectivity index (χ1v) is 12.7. The highest BCUT2D eigenvalue weighted by molar-refractivity contribution is 6.33. The van der Waals surface area contributed by atoms with Crippen molar-refractivity contribution in [2.75, 3.05) is 18.0 Å². The number of piperidine rings is 1. The fraction of sp³-hybridized carbons (Fsp3) is 0.308. The third kappa shape index (κ3) is 4.96. The molecule has 3 heterocycles. The van der Waals surface area contributed by atoms with Gasteiger partial charge < -0.3 is 15.5 Å². The minimum atomic E-state index is -0.126. The molecule has 1 fully saturated rings. The Kier molecular flexibility index (Phi) is 6.98. The van der Waals surface area contributed by atoms with Gasteiger partial charge in [0.15, 0.2) is 17.0 Å². The minimum absolute atomic E-state index is 0.0995. The predicted octanol–water partition coefficient (Wildman–Crippen LogP) is 5.47. The van der Waals surface area contributed by atoms with Gasteiger partial charge in [-0.1, -0.05) is 35.3 Å². The predicted molar refractivity (Wildman–Crippen MR) is 144 cm³/mol. The number of aromatic nitrogens is 4. The number of hydrogen-bond donors (Lipinski definition) is 2. The van der Waals surface area contributed by atoms with Crippen LogP contribution in [0, 0.1) is 0 Å². The molecule has 2 aromatic heterocycles. The van der Waals surface area contributed by atoms with Crippen LogP contribution in [0.1, 0.15) is 26.7 Å². The van der Waals surface area contributed by atoms with Crippen molar-refractivity contribution in [3.8, 4) is 17.1 Å². The standard InChI is InChI=1S/C26H27Cl2N7O/c1-16(2)31-26(36)32-18-11-13-34(14-12-18)24-22-25(30-15-29-24)35(19-9-7-17(27)8-10-19)23(33-22)20-5-3-4-6-21(20)28/h3-10,15-16,18H,11-14H2,1-2H3,(H2,31,32,36). The van der Waals surface area contributed by atoms with Gasteiger partial charge in [0.1, 0.15) is 12.2 Å². The van der Waals surface area contributed by atoms with E-state index in [1.165, 1.54) is 0 Å². The summed E-state index contributed by atoms with van der Waals surface area (Å²) in [4.78, 5) is 28.6. The van der Waals surface area contributed by atoms with Crippen molar-refractivity contribution in [2.24, 2.45) is 0 Å². The molecule has 0 atom stereocenters. The molecular weight excluding hydrogens is 497 g/mol. The van der Waals surface area contributed by atoms with Crippen LogP contribution in [0.5, 0.6) is 0 Å². The van der Waals surface area contributed by atoms with E-state index in [2.05, 4.69) is 25.5 Å². The van der Waals surface area contributed by atoms with Gasteiger partial charge in [-0.2, -0.15) is 0 Å². The van der Waals surface area contributed by atoms with Crippen LogP contribution >= 0.6 is 23.2 Å². The molecule has 5 rings (SSSR count). The summed E-state index contributed by atoms with van der Waals surface area (Å²) < 4.78 is 1.99.